The van der Waals surface area contributed by atoms with Crippen LogP contribution in [-0.2, 0) is 0 Å². The molecule has 0 unspecified atom stereocenters. The Hall–Kier alpha value is -2.01. The first-order valence-electron chi connectivity index (χ1n) is 5.99. The quantitative estimate of drug-likeness (QED) is 0.687. The van der Waals surface area contributed by atoms with Crippen molar-refractivity contribution in [2.75, 3.05) is 0 Å². The van der Waals surface area contributed by atoms with Gasteiger partial charge in [0.15, 0.2) is 0 Å². The zero-order chi connectivity index (χ0) is 14.1. The molecular weight excluding hydrogens is 323 g/mol. The van der Waals surface area contributed by atoms with Gasteiger partial charge in [0.1, 0.15) is 5.82 Å². The van der Waals surface area contributed by atoms with Crippen LogP contribution >= 0.6 is 15.9 Å². The number of nitrogens with zero attached hydrogens (tertiary/aromatic N) is 2. The van der Waals surface area contributed by atoms with E-state index in [0.29, 0.717) is 15.9 Å². The van der Waals surface area contributed by atoms with Crippen LogP contribution in [0.4, 0.5) is 4.39 Å². The van der Waals surface area contributed by atoms with Crippen molar-refractivity contribution in [3.63, 3.8) is 0 Å². The molecule has 20 heavy (non-hydrogen) atoms. The Labute approximate surface area is 123 Å². The predicted octanol–water partition coefficient (Wildman–Crippen LogP) is 4.61. The van der Waals surface area contributed by atoms with E-state index < -0.39 is 5.82 Å². The Morgan fingerprint density at radius 1 is 1.15 bits per heavy atom. The van der Waals surface area contributed by atoms with Crippen molar-refractivity contribution < 1.29 is 8.91 Å². The molecule has 2 aromatic carbocycles. The Morgan fingerprint density at radius 3 is 2.75 bits per heavy atom. The minimum absolute atomic E-state index is 0.173. The largest absolute Gasteiger partial charge is 0.334 e. The first kappa shape index (κ1) is 13.0. The summed E-state index contributed by atoms with van der Waals surface area (Å²) in [6, 6.07) is 12.4. The van der Waals surface area contributed by atoms with Gasteiger partial charge >= 0.3 is 0 Å². The number of rotatable bonds is 2. The molecule has 1 heterocycles. The van der Waals surface area contributed by atoms with Crippen molar-refractivity contribution >= 4 is 15.9 Å². The molecule has 3 nitrogen and oxygen atoms in total. The Kier molecular flexibility index (Phi) is 3.36. The van der Waals surface area contributed by atoms with E-state index in [9.17, 15) is 4.39 Å². The molecular formula is C15H10BrFN2O. The highest BCUT2D eigenvalue weighted by molar-refractivity contribution is 9.10. The summed E-state index contributed by atoms with van der Waals surface area (Å²) in [5, 5.41) is 3.90. The molecule has 0 saturated heterocycles. The summed E-state index contributed by atoms with van der Waals surface area (Å²) in [5.41, 5.74) is 2.24. The lowest BCUT2D eigenvalue weighted by atomic mass is 10.1. The number of halogens is 2. The standard InChI is InChI=1S/C15H10BrFN2O/c1-9-3-2-4-10(7-9)14-18-15(20-19-14)12-6-5-11(16)8-13(12)17/h2-8H,1H3. The third kappa shape index (κ3) is 2.49. The van der Waals surface area contributed by atoms with E-state index in [-0.39, 0.29) is 5.89 Å². The summed E-state index contributed by atoms with van der Waals surface area (Å²) in [4.78, 5) is 4.25. The van der Waals surface area contributed by atoms with Gasteiger partial charge < -0.3 is 4.52 Å². The van der Waals surface area contributed by atoms with E-state index in [1.165, 1.54) is 6.07 Å². The molecule has 0 fully saturated rings. The number of benzene rings is 2. The molecule has 0 bridgehead atoms. The van der Waals surface area contributed by atoms with Gasteiger partial charge in [0.2, 0.25) is 5.82 Å². The van der Waals surface area contributed by atoms with Gasteiger partial charge in [-0.2, -0.15) is 4.98 Å². The van der Waals surface area contributed by atoms with Crippen molar-refractivity contribution in [1.29, 1.82) is 0 Å². The second-order valence-corrected chi connectivity index (χ2v) is 5.33. The normalized spacial score (nSPS) is 10.8. The van der Waals surface area contributed by atoms with Gasteiger partial charge in [-0.3, -0.25) is 0 Å². The molecule has 0 radical (unpaired) electrons. The molecule has 0 aliphatic rings. The van der Waals surface area contributed by atoms with Gasteiger partial charge in [-0.1, -0.05) is 44.8 Å². The van der Waals surface area contributed by atoms with Crippen LogP contribution in [-0.4, -0.2) is 10.1 Å². The predicted molar refractivity (Wildman–Crippen MR) is 77.6 cm³/mol. The Balaban J connectivity index is 2.02. The van der Waals surface area contributed by atoms with Gasteiger partial charge in [0.25, 0.3) is 5.89 Å². The minimum Gasteiger partial charge on any atom is -0.334 e. The lowest BCUT2D eigenvalue weighted by molar-refractivity contribution is 0.429. The van der Waals surface area contributed by atoms with Gasteiger partial charge in [-0.15, -0.1) is 0 Å². The van der Waals surface area contributed by atoms with Crippen LogP contribution in [0.15, 0.2) is 51.5 Å². The SMILES string of the molecule is Cc1cccc(-c2noc(-c3ccc(Br)cc3F)n2)c1. The second kappa shape index (κ2) is 5.17. The van der Waals surface area contributed by atoms with E-state index in [1.807, 2.05) is 31.2 Å². The monoisotopic (exact) mass is 332 g/mol. The summed E-state index contributed by atoms with van der Waals surface area (Å²) < 4.78 is 19.7. The Morgan fingerprint density at radius 2 is 2.00 bits per heavy atom. The molecule has 0 amide bonds. The fourth-order valence-corrected chi connectivity index (χ4v) is 2.23. The lowest BCUT2D eigenvalue weighted by Crippen LogP contribution is -1.85. The summed E-state index contributed by atoms with van der Waals surface area (Å²) in [6.07, 6.45) is 0. The minimum atomic E-state index is -0.404. The molecule has 3 rings (SSSR count). The van der Waals surface area contributed by atoms with Crippen molar-refractivity contribution in [2.45, 2.75) is 6.92 Å². The topological polar surface area (TPSA) is 38.9 Å². The van der Waals surface area contributed by atoms with Crippen LogP contribution in [0.2, 0.25) is 0 Å². The van der Waals surface area contributed by atoms with Crippen LogP contribution < -0.4 is 0 Å². The van der Waals surface area contributed by atoms with Crippen molar-refractivity contribution in [3.8, 4) is 22.8 Å². The highest BCUT2D eigenvalue weighted by atomic mass is 79.9. The fourth-order valence-electron chi connectivity index (χ4n) is 1.90. The number of aromatic nitrogens is 2. The van der Waals surface area contributed by atoms with E-state index in [0.717, 1.165) is 11.1 Å². The highest BCUT2D eigenvalue weighted by Crippen LogP contribution is 2.26. The van der Waals surface area contributed by atoms with Crippen molar-refractivity contribution in [3.05, 3.63) is 58.3 Å². The molecule has 0 aliphatic heterocycles. The fraction of sp³-hybridized carbons (Fsp3) is 0.0667. The summed E-state index contributed by atoms with van der Waals surface area (Å²) >= 11 is 3.21. The van der Waals surface area contributed by atoms with Gasteiger partial charge in [0.05, 0.1) is 5.56 Å². The third-order valence-electron chi connectivity index (χ3n) is 2.86. The smallest absolute Gasteiger partial charge is 0.261 e. The van der Waals surface area contributed by atoms with Crippen LogP contribution in [0.3, 0.4) is 0 Å². The van der Waals surface area contributed by atoms with Crippen LogP contribution in [0.25, 0.3) is 22.8 Å². The maximum absolute atomic E-state index is 13.9. The van der Waals surface area contributed by atoms with E-state index in [4.69, 9.17) is 4.52 Å². The van der Waals surface area contributed by atoms with Crippen molar-refractivity contribution in [1.82, 2.24) is 10.1 Å². The third-order valence-corrected chi connectivity index (χ3v) is 3.36. The number of hydrogen-bond acceptors (Lipinski definition) is 3. The Bertz CT molecular complexity index is 770. The molecule has 3 aromatic rings. The maximum Gasteiger partial charge on any atom is 0.261 e. The summed E-state index contributed by atoms with van der Waals surface area (Å²) in [7, 11) is 0. The van der Waals surface area contributed by atoms with E-state index in [1.54, 1.807) is 12.1 Å². The van der Waals surface area contributed by atoms with E-state index in [2.05, 4.69) is 26.1 Å². The van der Waals surface area contributed by atoms with Crippen LogP contribution in [0.1, 0.15) is 5.56 Å². The lowest BCUT2D eigenvalue weighted by Gasteiger charge is -1.97. The van der Waals surface area contributed by atoms with Gasteiger partial charge in [0, 0.05) is 10.0 Å². The molecule has 0 N–H and O–H groups in total. The van der Waals surface area contributed by atoms with E-state index >= 15 is 0 Å². The van der Waals surface area contributed by atoms with Crippen LogP contribution in [0, 0.1) is 12.7 Å². The second-order valence-electron chi connectivity index (χ2n) is 4.42. The van der Waals surface area contributed by atoms with Gasteiger partial charge in [-0.25, -0.2) is 4.39 Å². The van der Waals surface area contributed by atoms with Crippen LogP contribution in [0.5, 0.6) is 0 Å². The average molecular weight is 333 g/mol. The molecule has 1 aromatic heterocycles. The van der Waals surface area contributed by atoms with Crippen molar-refractivity contribution in [2.24, 2.45) is 0 Å². The molecule has 0 saturated carbocycles. The molecule has 5 heteroatoms. The average Bonchev–Trinajstić information content (AvgIpc) is 2.88. The zero-order valence-electron chi connectivity index (χ0n) is 10.6. The first-order valence-corrected chi connectivity index (χ1v) is 6.79. The highest BCUT2D eigenvalue weighted by Gasteiger charge is 2.14. The molecule has 0 atom stereocenters. The summed E-state index contributed by atoms with van der Waals surface area (Å²) in [6.45, 7) is 1.99. The summed E-state index contributed by atoms with van der Waals surface area (Å²) in [5.74, 6) is 0.219. The maximum atomic E-state index is 13.9. The molecule has 0 spiro atoms. The molecule has 0 aliphatic carbocycles. The molecule has 100 valence electrons. The van der Waals surface area contributed by atoms with Gasteiger partial charge in [-0.05, 0) is 31.2 Å². The number of aryl methyl sites for hydroxylation is 1. The zero-order valence-corrected chi connectivity index (χ0v) is 12.2. The first-order chi connectivity index (χ1) is 9.63. The number of hydrogen-bond donors (Lipinski definition) is 0.